The number of nitrogens with one attached hydrogen (secondary N) is 1. The highest BCUT2D eigenvalue weighted by Crippen LogP contribution is 2.30. The van der Waals surface area contributed by atoms with Crippen LogP contribution in [0.2, 0.25) is 0 Å². The molecular formula is C16H23N3O. The van der Waals surface area contributed by atoms with Crippen LogP contribution >= 0.6 is 0 Å². The molecular weight excluding hydrogens is 250 g/mol. The SMILES string of the molecule is CC(NC(c1ccco1)c1nccn1C)C1CCCC1. The van der Waals surface area contributed by atoms with E-state index < -0.39 is 0 Å². The summed E-state index contributed by atoms with van der Waals surface area (Å²) in [6.07, 6.45) is 10.9. The minimum atomic E-state index is 0.0283. The quantitative estimate of drug-likeness (QED) is 0.909. The Hall–Kier alpha value is -1.55. The summed E-state index contributed by atoms with van der Waals surface area (Å²) >= 11 is 0. The van der Waals surface area contributed by atoms with Crippen LogP contribution < -0.4 is 5.32 Å². The van der Waals surface area contributed by atoms with Crippen molar-refractivity contribution in [1.82, 2.24) is 14.9 Å². The van der Waals surface area contributed by atoms with Crippen molar-refractivity contribution in [3.8, 4) is 0 Å². The lowest BCUT2D eigenvalue weighted by molar-refractivity contribution is 0.328. The molecule has 4 nitrogen and oxygen atoms in total. The van der Waals surface area contributed by atoms with E-state index in [0.717, 1.165) is 17.5 Å². The summed E-state index contributed by atoms with van der Waals surface area (Å²) in [7, 11) is 2.03. The second-order valence-corrected chi connectivity index (χ2v) is 5.84. The maximum atomic E-state index is 5.62. The van der Waals surface area contributed by atoms with Crippen LogP contribution in [0, 0.1) is 5.92 Å². The third kappa shape index (κ3) is 2.66. The highest BCUT2D eigenvalue weighted by molar-refractivity contribution is 5.16. The molecule has 2 heterocycles. The van der Waals surface area contributed by atoms with Crippen LogP contribution in [-0.2, 0) is 7.05 Å². The molecule has 0 amide bonds. The maximum absolute atomic E-state index is 5.62. The lowest BCUT2D eigenvalue weighted by Gasteiger charge is -2.25. The zero-order valence-electron chi connectivity index (χ0n) is 12.2. The summed E-state index contributed by atoms with van der Waals surface area (Å²) in [4.78, 5) is 4.49. The summed E-state index contributed by atoms with van der Waals surface area (Å²) in [5.74, 6) is 2.71. The van der Waals surface area contributed by atoms with E-state index in [9.17, 15) is 0 Å². The molecule has 0 radical (unpaired) electrons. The number of imidazole rings is 1. The van der Waals surface area contributed by atoms with Crippen molar-refractivity contribution in [1.29, 1.82) is 0 Å². The zero-order valence-corrected chi connectivity index (χ0v) is 12.2. The Morgan fingerprint density at radius 3 is 2.80 bits per heavy atom. The Bertz CT molecular complexity index is 526. The Kier molecular flexibility index (Phi) is 3.92. The molecule has 0 aliphatic heterocycles. The molecule has 4 heteroatoms. The fourth-order valence-corrected chi connectivity index (χ4v) is 3.25. The number of rotatable bonds is 5. The molecule has 2 unspecified atom stereocenters. The first kappa shape index (κ1) is 13.4. The van der Waals surface area contributed by atoms with Crippen molar-refractivity contribution in [2.24, 2.45) is 13.0 Å². The molecule has 2 atom stereocenters. The van der Waals surface area contributed by atoms with Gasteiger partial charge < -0.3 is 8.98 Å². The fraction of sp³-hybridized carbons (Fsp3) is 0.562. The molecule has 0 saturated heterocycles. The van der Waals surface area contributed by atoms with Crippen molar-refractivity contribution in [2.45, 2.75) is 44.7 Å². The second-order valence-electron chi connectivity index (χ2n) is 5.84. The largest absolute Gasteiger partial charge is 0.467 e. The van der Waals surface area contributed by atoms with Gasteiger partial charge in [0.1, 0.15) is 17.6 Å². The molecule has 2 aromatic rings. The van der Waals surface area contributed by atoms with Crippen molar-refractivity contribution >= 4 is 0 Å². The van der Waals surface area contributed by atoms with E-state index in [1.807, 2.05) is 31.6 Å². The minimum Gasteiger partial charge on any atom is -0.467 e. The third-order valence-corrected chi connectivity index (χ3v) is 4.48. The Morgan fingerprint density at radius 1 is 1.40 bits per heavy atom. The van der Waals surface area contributed by atoms with Gasteiger partial charge in [0.25, 0.3) is 0 Å². The first-order valence-electron chi connectivity index (χ1n) is 7.52. The average Bonchev–Trinajstić information content (AvgIpc) is 3.18. The van der Waals surface area contributed by atoms with Gasteiger partial charge in [0.2, 0.25) is 0 Å². The van der Waals surface area contributed by atoms with Gasteiger partial charge in [0.15, 0.2) is 0 Å². The van der Waals surface area contributed by atoms with E-state index in [4.69, 9.17) is 4.42 Å². The topological polar surface area (TPSA) is 43.0 Å². The molecule has 1 saturated carbocycles. The summed E-state index contributed by atoms with van der Waals surface area (Å²) < 4.78 is 7.68. The molecule has 20 heavy (non-hydrogen) atoms. The van der Waals surface area contributed by atoms with E-state index in [0.29, 0.717) is 6.04 Å². The van der Waals surface area contributed by atoms with Gasteiger partial charge in [-0.3, -0.25) is 5.32 Å². The van der Waals surface area contributed by atoms with Crippen LogP contribution in [-0.4, -0.2) is 15.6 Å². The van der Waals surface area contributed by atoms with Gasteiger partial charge in [0.05, 0.1) is 6.26 Å². The van der Waals surface area contributed by atoms with Crippen LogP contribution in [0.3, 0.4) is 0 Å². The molecule has 0 bridgehead atoms. The third-order valence-electron chi connectivity index (χ3n) is 4.48. The highest BCUT2D eigenvalue weighted by Gasteiger charge is 2.27. The van der Waals surface area contributed by atoms with Gasteiger partial charge in [-0.15, -0.1) is 0 Å². The maximum Gasteiger partial charge on any atom is 0.133 e. The van der Waals surface area contributed by atoms with Crippen LogP contribution in [0.4, 0.5) is 0 Å². The van der Waals surface area contributed by atoms with Gasteiger partial charge in [-0.05, 0) is 37.8 Å². The molecule has 1 aliphatic carbocycles. The molecule has 1 aliphatic rings. The first-order valence-corrected chi connectivity index (χ1v) is 7.52. The van der Waals surface area contributed by atoms with Gasteiger partial charge in [-0.2, -0.15) is 0 Å². The summed E-state index contributed by atoms with van der Waals surface area (Å²) in [5.41, 5.74) is 0. The van der Waals surface area contributed by atoms with E-state index in [-0.39, 0.29) is 6.04 Å². The predicted octanol–water partition coefficient (Wildman–Crippen LogP) is 3.27. The average molecular weight is 273 g/mol. The van der Waals surface area contributed by atoms with Crippen molar-refractivity contribution < 1.29 is 4.42 Å². The summed E-state index contributed by atoms with van der Waals surface area (Å²) in [6, 6.07) is 4.46. The first-order chi connectivity index (χ1) is 9.75. The van der Waals surface area contributed by atoms with Crippen LogP contribution in [0.15, 0.2) is 35.2 Å². The normalized spacial score (nSPS) is 19.3. The number of furan rings is 1. The van der Waals surface area contributed by atoms with Gasteiger partial charge in [-0.1, -0.05) is 12.8 Å². The Labute approximate surface area is 120 Å². The molecule has 108 valence electrons. The summed E-state index contributed by atoms with van der Waals surface area (Å²) in [6.45, 7) is 2.29. The molecule has 1 fully saturated rings. The van der Waals surface area contributed by atoms with Crippen molar-refractivity contribution in [2.75, 3.05) is 0 Å². The number of nitrogens with zero attached hydrogens (tertiary/aromatic N) is 2. The number of aromatic nitrogens is 2. The lowest BCUT2D eigenvalue weighted by atomic mass is 9.98. The monoisotopic (exact) mass is 273 g/mol. The standard InChI is InChI=1S/C16H23N3O/c1-12(13-6-3-4-7-13)18-15(14-8-5-11-20-14)16-17-9-10-19(16)2/h5,8-13,15,18H,3-4,6-7H2,1-2H3. The molecule has 1 N–H and O–H groups in total. The van der Waals surface area contributed by atoms with Gasteiger partial charge >= 0.3 is 0 Å². The zero-order chi connectivity index (χ0) is 13.9. The molecule has 3 rings (SSSR count). The van der Waals surface area contributed by atoms with Crippen LogP contribution in [0.1, 0.15) is 50.2 Å². The highest BCUT2D eigenvalue weighted by atomic mass is 16.3. The lowest BCUT2D eigenvalue weighted by Crippen LogP contribution is -2.37. The number of aryl methyl sites for hydroxylation is 1. The van der Waals surface area contributed by atoms with Crippen molar-refractivity contribution in [3.05, 3.63) is 42.4 Å². The van der Waals surface area contributed by atoms with E-state index in [1.165, 1.54) is 25.7 Å². The molecule has 0 spiro atoms. The second kappa shape index (κ2) is 5.83. The molecule has 0 aromatic carbocycles. The number of hydrogen-bond donors (Lipinski definition) is 1. The van der Waals surface area contributed by atoms with Gasteiger partial charge in [-0.25, -0.2) is 4.98 Å². The predicted molar refractivity (Wildman–Crippen MR) is 78.3 cm³/mol. The molecule has 2 aromatic heterocycles. The van der Waals surface area contributed by atoms with E-state index >= 15 is 0 Å². The van der Waals surface area contributed by atoms with E-state index in [2.05, 4.69) is 21.8 Å². The van der Waals surface area contributed by atoms with E-state index in [1.54, 1.807) is 6.26 Å². The fourth-order valence-electron chi connectivity index (χ4n) is 3.25. The number of hydrogen-bond acceptors (Lipinski definition) is 3. The minimum absolute atomic E-state index is 0.0283. The van der Waals surface area contributed by atoms with Gasteiger partial charge in [0, 0.05) is 25.5 Å². The van der Waals surface area contributed by atoms with Crippen molar-refractivity contribution in [3.63, 3.8) is 0 Å². The Morgan fingerprint density at radius 2 is 2.20 bits per heavy atom. The summed E-state index contributed by atoms with van der Waals surface area (Å²) in [5, 5.41) is 3.73. The Balaban J connectivity index is 1.81. The van der Waals surface area contributed by atoms with Crippen LogP contribution in [0.25, 0.3) is 0 Å². The van der Waals surface area contributed by atoms with Crippen LogP contribution in [0.5, 0.6) is 0 Å². The smallest absolute Gasteiger partial charge is 0.133 e.